The molecule has 0 bridgehead atoms. The van der Waals surface area contributed by atoms with E-state index in [0.717, 1.165) is 4.90 Å². The molecule has 1 N–H and O–H groups in total. The largest absolute Gasteiger partial charge is 0.401 e. The van der Waals surface area contributed by atoms with Gasteiger partial charge in [0.25, 0.3) is 0 Å². The number of alkyl halides is 3. The maximum absolute atomic E-state index is 12.3. The minimum absolute atomic E-state index is 0.193. The topological polar surface area (TPSA) is 53.0 Å². The van der Waals surface area contributed by atoms with E-state index in [4.69, 9.17) is 4.74 Å². The normalized spacial score (nSPS) is 20.7. The summed E-state index contributed by atoms with van der Waals surface area (Å²) in [5, 5.41) is 10.1. The van der Waals surface area contributed by atoms with Crippen LogP contribution in [-0.4, -0.2) is 79.0 Å². The van der Waals surface area contributed by atoms with Crippen molar-refractivity contribution in [2.24, 2.45) is 0 Å². The van der Waals surface area contributed by atoms with Crippen LogP contribution < -0.4 is 0 Å². The van der Waals surface area contributed by atoms with Gasteiger partial charge in [-0.2, -0.15) is 13.2 Å². The Morgan fingerprint density at radius 1 is 1.43 bits per heavy atom. The number of ether oxygens (including phenoxy) is 1. The van der Waals surface area contributed by atoms with Crippen molar-refractivity contribution in [2.75, 3.05) is 40.4 Å². The van der Waals surface area contributed by atoms with Gasteiger partial charge in [-0.1, -0.05) is 0 Å². The summed E-state index contributed by atoms with van der Waals surface area (Å²) in [4.78, 5) is 14.7. The van der Waals surface area contributed by atoms with E-state index in [1.54, 1.807) is 0 Å². The molecule has 1 fully saturated rings. The number of nitrogens with zero attached hydrogens (tertiary/aromatic N) is 2. The Labute approximate surface area is 122 Å². The molecule has 0 aliphatic carbocycles. The number of amides is 1. The number of methoxy groups -OCH3 is 1. The molecule has 1 rings (SSSR count). The Morgan fingerprint density at radius 3 is 2.38 bits per heavy atom. The van der Waals surface area contributed by atoms with E-state index in [-0.39, 0.29) is 12.5 Å². The van der Waals surface area contributed by atoms with Gasteiger partial charge in [0.15, 0.2) is 0 Å². The minimum Gasteiger partial charge on any atom is -0.387 e. The van der Waals surface area contributed by atoms with Crippen LogP contribution in [0.4, 0.5) is 13.2 Å². The van der Waals surface area contributed by atoms with Crippen LogP contribution in [0.5, 0.6) is 0 Å². The molecule has 0 aromatic carbocycles. The van der Waals surface area contributed by atoms with Crippen LogP contribution in [0.2, 0.25) is 0 Å². The number of carbonyl (C=O) groups is 1. The van der Waals surface area contributed by atoms with E-state index < -0.39 is 24.4 Å². The fraction of sp³-hybridized carbons (Fsp3) is 0.923. The van der Waals surface area contributed by atoms with Crippen LogP contribution in [0, 0.1) is 0 Å². The van der Waals surface area contributed by atoms with Gasteiger partial charge in [0.1, 0.15) is 0 Å². The van der Waals surface area contributed by atoms with Crippen molar-refractivity contribution in [3.8, 4) is 0 Å². The second-order valence-electron chi connectivity index (χ2n) is 5.69. The summed E-state index contributed by atoms with van der Waals surface area (Å²) < 4.78 is 42.0. The molecule has 1 atom stereocenters. The van der Waals surface area contributed by atoms with Crippen molar-refractivity contribution in [1.82, 2.24) is 9.80 Å². The molecule has 0 aromatic heterocycles. The van der Waals surface area contributed by atoms with E-state index >= 15 is 0 Å². The van der Waals surface area contributed by atoms with Crippen LogP contribution in [-0.2, 0) is 9.53 Å². The second-order valence-corrected chi connectivity index (χ2v) is 5.69. The van der Waals surface area contributed by atoms with Crippen molar-refractivity contribution in [3.63, 3.8) is 0 Å². The molecule has 8 heteroatoms. The first-order valence-corrected chi connectivity index (χ1v) is 6.85. The predicted octanol–water partition coefficient (Wildman–Crippen LogP) is 0.869. The number of hydrogen-bond acceptors (Lipinski definition) is 4. The van der Waals surface area contributed by atoms with Gasteiger partial charge >= 0.3 is 6.18 Å². The highest BCUT2D eigenvalue weighted by molar-refractivity contribution is 5.81. The minimum atomic E-state index is -4.33. The van der Waals surface area contributed by atoms with Gasteiger partial charge in [-0.15, -0.1) is 0 Å². The summed E-state index contributed by atoms with van der Waals surface area (Å²) in [6.07, 6.45) is -3.60. The Morgan fingerprint density at radius 2 is 1.95 bits per heavy atom. The lowest BCUT2D eigenvalue weighted by atomic mass is 9.92. The van der Waals surface area contributed by atoms with Crippen molar-refractivity contribution in [1.29, 1.82) is 0 Å². The molecule has 0 aromatic rings. The monoisotopic (exact) mass is 312 g/mol. The van der Waals surface area contributed by atoms with E-state index in [1.165, 1.54) is 26.0 Å². The molecule has 5 nitrogen and oxygen atoms in total. The molecule has 0 saturated carbocycles. The maximum Gasteiger partial charge on any atom is 0.401 e. The number of likely N-dealkylation sites (N-methyl/N-ethyl adjacent to an activating group) is 1. The molecule has 1 aliphatic rings. The molecule has 124 valence electrons. The number of piperidine rings is 1. The van der Waals surface area contributed by atoms with Gasteiger partial charge in [0.2, 0.25) is 5.91 Å². The second kappa shape index (κ2) is 6.93. The average Bonchev–Trinajstić information content (AvgIpc) is 2.36. The Balaban J connectivity index is 2.53. The number of likely N-dealkylation sites (tertiary alicyclic amines) is 1. The molecule has 0 radical (unpaired) electrons. The third-order valence-corrected chi connectivity index (χ3v) is 3.87. The lowest BCUT2D eigenvalue weighted by molar-refractivity contribution is -0.157. The van der Waals surface area contributed by atoms with Crippen LogP contribution in [0.3, 0.4) is 0 Å². The molecule has 21 heavy (non-hydrogen) atoms. The van der Waals surface area contributed by atoms with Crippen LogP contribution >= 0.6 is 0 Å². The number of halogens is 3. The molecule has 1 heterocycles. The number of carbonyl (C=O) groups excluding carboxylic acids is 1. The van der Waals surface area contributed by atoms with Crippen LogP contribution in [0.15, 0.2) is 0 Å². The quantitative estimate of drug-likeness (QED) is 0.818. The van der Waals surface area contributed by atoms with Gasteiger partial charge < -0.3 is 14.7 Å². The van der Waals surface area contributed by atoms with Crippen molar-refractivity contribution in [3.05, 3.63) is 0 Å². The first-order valence-electron chi connectivity index (χ1n) is 6.85. The number of hydrogen-bond donors (Lipinski definition) is 1. The lowest BCUT2D eigenvalue weighted by Crippen LogP contribution is -2.54. The van der Waals surface area contributed by atoms with Crippen LogP contribution in [0.1, 0.15) is 19.8 Å². The smallest absolute Gasteiger partial charge is 0.387 e. The summed E-state index contributed by atoms with van der Waals surface area (Å²) in [5.74, 6) is -0.346. The van der Waals surface area contributed by atoms with Crippen molar-refractivity contribution < 1.29 is 27.8 Å². The zero-order chi connectivity index (χ0) is 16.3. The maximum atomic E-state index is 12.3. The summed E-state index contributed by atoms with van der Waals surface area (Å²) in [6, 6.07) is -0.847. The van der Waals surface area contributed by atoms with Crippen molar-refractivity contribution in [2.45, 2.75) is 37.6 Å². The van der Waals surface area contributed by atoms with Gasteiger partial charge in [0, 0.05) is 20.2 Å². The van der Waals surface area contributed by atoms with E-state index in [2.05, 4.69) is 0 Å². The molecule has 1 aliphatic heterocycles. The molecule has 1 amide bonds. The van der Waals surface area contributed by atoms with Gasteiger partial charge in [-0.05, 0) is 26.8 Å². The highest BCUT2D eigenvalue weighted by Gasteiger charge is 2.37. The van der Waals surface area contributed by atoms with Crippen molar-refractivity contribution >= 4 is 5.91 Å². The predicted molar refractivity (Wildman–Crippen MR) is 70.8 cm³/mol. The molecular formula is C13H23F3N2O3. The summed E-state index contributed by atoms with van der Waals surface area (Å²) >= 11 is 0. The first kappa shape index (κ1) is 18.2. The molecule has 1 saturated heterocycles. The molecule has 0 spiro atoms. The lowest BCUT2D eigenvalue weighted by Gasteiger charge is -2.39. The zero-order valence-electron chi connectivity index (χ0n) is 12.6. The summed E-state index contributed by atoms with van der Waals surface area (Å²) in [7, 11) is 2.77. The average molecular weight is 312 g/mol. The van der Waals surface area contributed by atoms with Crippen LogP contribution in [0.25, 0.3) is 0 Å². The third-order valence-electron chi connectivity index (χ3n) is 3.87. The van der Waals surface area contributed by atoms with Gasteiger partial charge in [0.05, 0.1) is 24.8 Å². The van der Waals surface area contributed by atoms with Gasteiger partial charge in [-0.3, -0.25) is 9.69 Å². The molecular weight excluding hydrogens is 289 g/mol. The SMILES string of the molecule is COCC1(O)CCN(C(=O)C(C)N(C)CC(F)(F)F)CC1. The number of aliphatic hydroxyl groups is 1. The highest BCUT2D eigenvalue weighted by Crippen LogP contribution is 2.24. The molecule has 1 unspecified atom stereocenters. The Kier molecular flexibility index (Phi) is 6.01. The summed E-state index contributed by atoms with van der Waals surface area (Å²) in [6.45, 7) is 1.18. The Bertz CT molecular complexity index is 355. The van der Waals surface area contributed by atoms with Gasteiger partial charge in [-0.25, -0.2) is 0 Å². The highest BCUT2D eigenvalue weighted by atomic mass is 19.4. The standard InChI is InChI=1S/C13H23F3N2O3/c1-10(17(2)8-13(14,15)16)11(19)18-6-4-12(20,5-7-18)9-21-3/h10,20H,4-9H2,1-3H3. The fourth-order valence-corrected chi connectivity index (χ4v) is 2.43. The third kappa shape index (κ3) is 5.44. The number of rotatable bonds is 5. The zero-order valence-corrected chi connectivity index (χ0v) is 12.6. The first-order chi connectivity index (χ1) is 9.58. The Hall–Kier alpha value is -0.860. The van der Waals surface area contributed by atoms with E-state index in [0.29, 0.717) is 25.9 Å². The van der Waals surface area contributed by atoms with E-state index in [1.807, 2.05) is 0 Å². The summed E-state index contributed by atoms with van der Waals surface area (Å²) in [5.41, 5.74) is -0.952. The fourth-order valence-electron chi connectivity index (χ4n) is 2.43. The van der Waals surface area contributed by atoms with E-state index in [9.17, 15) is 23.1 Å².